The number of hydrogen-bond donors (Lipinski definition) is 0. The maximum Gasteiger partial charge on any atom is 0.277 e. The van der Waals surface area contributed by atoms with Gasteiger partial charge in [0.05, 0.1) is 4.90 Å². The van der Waals surface area contributed by atoms with Gasteiger partial charge in [-0.1, -0.05) is 72.4 Å². The number of aromatic nitrogens is 2. The molecule has 0 radical (unpaired) electrons. The van der Waals surface area contributed by atoms with Crippen LogP contribution >= 0.6 is 11.8 Å². The minimum absolute atomic E-state index is 0.271. The fourth-order valence-electron chi connectivity index (χ4n) is 2.76. The average Bonchev–Trinajstić information content (AvgIpc) is 3.20. The van der Waals surface area contributed by atoms with Gasteiger partial charge in [0.15, 0.2) is 9.84 Å². The molecule has 0 fully saturated rings. The van der Waals surface area contributed by atoms with Crippen LogP contribution in [0.4, 0.5) is 0 Å². The van der Waals surface area contributed by atoms with Crippen LogP contribution in [0.3, 0.4) is 0 Å². The van der Waals surface area contributed by atoms with E-state index in [1.165, 1.54) is 17.2 Å². The first-order valence-electron chi connectivity index (χ1n) is 8.55. The smallest absolute Gasteiger partial charge is 0.277 e. The van der Waals surface area contributed by atoms with E-state index >= 15 is 0 Å². The Kier molecular flexibility index (Phi) is 5.27. The minimum Gasteiger partial charge on any atom is -0.411 e. The van der Waals surface area contributed by atoms with Crippen LogP contribution in [0.1, 0.15) is 0 Å². The zero-order chi connectivity index (χ0) is 19.4. The van der Waals surface area contributed by atoms with Crippen LogP contribution in [0.15, 0.2) is 98.8 Å². The molecule has 1 heterocycles. The molecular formula is C21H16N2O3S2. The predicted octanol–water partition coefficient (Wildman–Crippen LogP) is 4.97. The van der Waals surface area contributed by atoms with E-state index in [4.69, 9.17) is 4.42 Å². The zero-order valence-electron chi connectivity index (χ0n) is 14.7. The van der Waals surface area contributed by atoms with Gasteiger partial charge in [0.1, 0.15) is 0 Å². The van der Waals surface area contributed by atoms with Crippen LogP contribution in [-0.2, 0) is 9.84 Å². The zero-order valence-corrected chi connectivity index (χ0v) is 16.4. The molecule has 0 aliphatic rings. The summed E-state index contributed by atoms with van der Waals surface area (Å²) < 4.78 is 30.2. The maximum atomic E-state index is 12.2. The molecule has 0 spiro atoms. The molecule has 1 aromatic heterocycles. The molecule has 0 N–H and O–H groups in total. The van der Waals surface area contributed by atoms with E-state index < -0.39 is 9.84 Å². The molecule has 140 valence electrons. The van der Waals surface area contributed by atoms with Crippen LogP contribution in [0, 0.1) is 0 Å². The highest BCUT2D eigenvalue weighted by Crippen LogP contribution is 2.29. The van der Waals surface area contributed by atoms with Gasteiger partial charge < -0.3 is 4.42 Å². The lowest BCUT2D eigenvalue weighted by Gasteiger charge is -2.01. The highest BCUT2D eigenvalue weighted by atomic mass is 32.2. The van der Waals surface area contributed by atoms with Gasteiger partial charge >= 0.3 is 0 Å². The Morgan fingerprint density at radius 3 is 2.50 bits per heavy atom. The molecule has 0 amide bonds. The van der Waals surface area contributed by atoms with Crippen molar-refractivity contribution in [2.45, 2.75) is 10.1 Å². The number of nitrogens with zero attached hydrogens (tertiary/aromatic N) is 2. The number of benzene rings is 3. The summed E-state index contributed by atoms with van der Waals surface area (Å²) >= 11 is 1.29. The molecular weight excluding hydrogens is 392 g/mol. The molecule has 3 aromatic carbocycles. The van der Waals surface area contributed by atoms with Crippen molar-refractivity contribution in [3.63, 3.8) is 0 Å². The van der Waals surface area contributed by atoms with Gasteiger partial charge in [-0.2, -0.15) is 0 Å². The molecule has 5 nitrogen and oxygen atoms in total. The fourth-order valence-corrected chi connectivity index (χ4v) is 4.50. The minimum atomic E-state index is -3.44. The Balaban J connectivity index is 1.46. The van der Waals surface area contributed by atoms with E-state index in [1.54, 1.807) is 36.4 Å². The molecule has 4 aromatic rings. The molecule has 0 bridgehead atoms. The second-order valence-electron chi connectivity index (χ2n) is 5.94. The molecule has 7 heteroatoms. The summed E-state index contributed by atoms with van der Waals surface area (Å²) in [7, 11) is -3.44. The Bertz CT molecular complexity index is 1230. The Morgan fingerprint density at radius 1 is 0.893 bits per heavy atom. The summed E-state index contributed by atoms with van der Waals surface area (Å²) in [6.45, 7) is 0. The Hall–Kier alpha value is -2.90. The summed E-state index contributed by atoms with van der Waals surface area (Å²) in [5, 5.41) is 11.9. The standard InChI is InChI=1S/C21H16N2O3S2/c24-28(25,17-10-2-1-3-11-17)15-7-14-27-21-23-22-20(26-21)19-13-6-9-16-8-4-5-12-18(16)19/h1-13,15H,14H2. The summed E-state index contributed by atoms with van der Waals surface area (Å²) in [5.41, 5.74) is 0.875. The van der Waals surface area contributed by atoms with Crippen LogP contribution in [-0.4, -0.2) is 24.4 Å². The number of rotatable bonds is 6. The molecule has 0 saturated heterocycles. The SMILES string of the molecule is O=S(=O)(C=CCSc1nnc(-c2cccc3ccccc23)o1)c1ccccc1. The van der Waals surface area contributed by atoms with Gasteiger partial charge in [0.25, 0.3) is 5.22 Å². The van der Waals surface area contributed by atoms with Crippen molar-refractivity contribution in [3.05, 3.63) is 84.3 Å². The predicted molar refractivity (Wildman–Crippen MR) is 111 cm³/mol. The first-order valence-corrected chi connectivity index (χ1v) is 11.1. The average molecular weight is 409 g/mol. The fraction of sp³-hybridized carbons (Fsp3) is 0.0476. The van der Waals surface area contributed by atoms with E-state index in [1.807, 2.05) is 42.5 Å². The largest absolute Gasteiger partial charge is 0.411 e. The third kappa shape index (κ3) is 4.00. The first-order chi connectivity index (χ1) is 13.6. The second-order valence-corrected chi connectivity index (χ2v) is 8.75. The van der Waals surface area contributed by atoms with Gasteiger partial charge in [-0.05, 0) is 29.0 Å². The summed E-state index contributed by atoms with van der Waals surface area (Å²) in [6, 6.07) is 22.2. The highest BCUT2D eigenvalue weighted by Gasteiger charge is 2.12. The topological polar surface area (TPSA) is 73.1 Å². The number of fused-ring (bicyclic) bond motifs is 1. The summed E-state index contributed by atoms with van der Waals surface area (Å²) in [4.78, 5) is 0.271. The van der Waals surface area contributed by atoms with E-state index in [-0.39, 0.29) is 4.90 Å². The van der Waals surface area contributed by atoms with Crippen molar-refractivity contribution >= 4 is 32.4 Å². The van der Waals surface area contributed by atoms with Crippen LogP contribution in [0.2, 0.25) is 0 Å². The third-order valence-corrected chi connectivity index (χ3v) is 6.33. The molecule has 0 saturated carbocycles. The second kappa shape index (κ2) is 8.00. The molecule has 0 unspecified atom stereocenters. The van der Waals surface area contributed by atoms with Crippen molar-refractivity contribution in [3.8, 4) is 11.5 Å². The molecule has 0 aliphatic carbocycles. The normalized spacial score (nSPS) is 12.0. The number of thioether (sulfide) groups is 1. The maximum absolute atomic E-state index is 12.2. The number of hydrogen-bond acceptors (Lipinski definition) is 6. The van der Waals surface area contributed by atoms with Crippen LogP contribution < -0.4 is 0 Å². The van der Waals surface area contributed by atoms with Crippen molar-refractivity contribution in [2.75, 3.05) is 5.75 Å². The lowest BCUT2D eigenvalue weighted by atomic mass is 10.0. The third-order valence-electron chi connectivity index (χ3n) is 4.08. The van der Waals surface area contributed by atoms with Crippen molar-refractivity contribution in [1.82, 2.24) is 10.2 Å². The van der Waals surface area contributed by atoms with E-state index in [9.17, 15) is 8.42 Å². The summed E-state index contributed by atoms with van der Waals surface area (Å²) in [5.74, 6) is 0.851. The first kappa shape index (κ1) is 18.5. The summed E-state index contributed by atoms with van der Waals surface area (Å²) in [6.07, 6.45) is 1.58. The van der Waals surface area contributed by atoms with E-state index in [0.717, 1.165) is 16.3 Å². The van der Waals surface area contributed by atoms with Gasteiger partial charge in [-0.15, -0.1) is 10.2 Å². The lowest BCUT2D eigenvalue weighted by Crippen LogP contribution is -1.95. The van der Waals surface area contributed by atoms with E-state index in [2.05, 4.69) is 10.2 Å². The lowest BCUT2D eigenvalue weighted by molar-refractivity contribution is 0.466. The van der Waals surface area contributed by atoms with Crippen LogP contribution in [0.25, 0.3) is 22.2 Å². The number of sulfone groups is 1. The van der Waals surface area contributed by atoms with Gasteiger partial charge in [0, 0.05) is 16.7 Å². The van der Waals surface area contributed by atoms with E-state index in [0.29, 0.717) is 16.9 Å². The molecule has 0 atom stereocenters. The van der Waals surface area contributed by atoms with Crippen molar-refractivity contribution < 1.29 is 12.8 Å². The highest BCUT2D eigenvalue weighted by molar-refractivity contribution is 7.99. The molecule has 28 heavy (non-hydrogen) atoms. The quantitative estimate of drug-likeness (QED) is 0.420. The molecule has 4 rings (SSSR count). The van der Waals surface area contributed by atoms with Crippen LogP contribution in [0.5, 0.6) is 0 Å². The monoisotopic (exact) mass is 408 g/mol. The van der Waals surface area contributed by atoms with Gasteiger partial charge in [-0.3, -0.25) is 0 Å². The van der Waals surface area contributed by atoms with Crippen molar-refractivity contribution in [1.29, 1.82) is 0 Å². The van der Waals surface area contributed by atoms with Gasteiger partial charge in [0.2, 0.25) is 5.89 Å². The van der Waals surface area contributed by atoms with Gasteiger partial charge in [-0.25, -0.2) is 8.42 Å². The van der Waals surface area contributed by atoms with Crippen molar-refractivity contribution in [2.24, 2.45) is 0 Å². The Labute approximate surface area is 167 Å². The molecule has 0 aliphatic heterocycles. The Morgan fingerprint density at radius 2 is 1.64 bits per heavy atom.